The second kappa shape index (κ2) is 6.81. The zero-order valence-corrected chi connectivity index (χ0v) is 15.0. The molecule has 0 fully saturated rings. The monoisotopic (exact) mass is 380 g/mol. The molecule has 134 valence electrons. The summed E-state index contributed by atoms with van der Waals surface area (Å²) in [5, 5.41) is 11.6. The number of carbonyl (C=O) groups is 1. The van der Waals surface area contributed by atoms with Gasteiger partial charge in [-0.1, -0.05) is 17.7 Å². The van der Waals surface area contributed by atoms with Crippen molar-refractivity contribution in [3.05, 3.63) is 82.8 Å². The molecular formula is C20H14ClFN4O. The second-order valence-electron chi connectivity index (χ2n) is 6.08. The number of nitrogens with one attached hydrogen (secondary N) is 1. The van der Waals surface area contributed by atoms with Crippen LogP contribution in [0.25, 0.3) is 17.0 Å². The van der Waals surface area contributed by atoms with Crippen LogP contribution in [-0.2, 0) is 0 Å². The summed E-state index contributed by atoms with van der Waals surface area (Å²) in [7, 11) is 0. The van der Waals surface area contributed by atoms with Crippen molar-refractivity contribution in [3.63, 3.8) is 0 Å². The first kappa shape index (κ1) is 17.2. The van der Waals surface area contributed by atoms with E-state index in [1.165, 1.54) is 12.1 Å². The van der Waals surface area contributed by atoms with Crippen LogP contribution < -0.4 is 5.32 Å². The van der Waals surface area contributed by atoms with E-state index in [9.17, 15) is 9.18 Å². The van der Waals surface area contributed by atoms with E-state index in [4.69, 9.17) is 11.6 Å². The molecular weight excluding hydrogens is 367 g/mol. The van der Waals surface area contributed by atoms with Crippen LogP contribution in [0.3, 0.4) is 0 Å². The largest absolute Gasteiger partial charge is 0.321 e. The summed E-state index contributed by atoms with van der Waals surface area (Å²) in [6, 6.07) is 14.7. The summed E-state index contributed by atoms with van der Waals surface area (Å²) in [6.07, 6.45) is 1.75. The van der Waals surface area contributed by atoms with Crippen LogP contribution in [0.4, 0.5) is 10.1 Å². The van der Waals surface area contributed by atoms with Gasteiger partial charge in [0.15, 0.2) is 11.5 Å². The molecule has 2 heterocycles. The molecule has 4 aromatic rings. The predicted octanol–water partition coefficient (Wildman–Crippen LogP) is 4.75. The van der Waals surface area contributed by atoms with Crippen molar-refractivity contribution in [2.45, 2.75) is 6.92 Å². The van der Waals surface area contributed by atoms with Crippen LogP contribution in [0.1, 0.15) is 15.9 Å². The molecule has 0 aliphatic heterocycles. The van der Waals surface area contributed by atoms with Gasteiger partial charge in [0.2, 0.25) is 0 Å². The molecule has 4 rings (SSSR count). The van der Waals surface area contributed by atoms with Gasteiger partial charge in [-0.25, -0.2) is 4.39 Å². The molecule has 0 saturated carbocycles. The fraction of sp³-hybridized carbons (Fsp3) is 0.0500. The highest BCUT2D eigenvalue weighted by Crippen LogP contribution is 2.25. The third-order valence-electron chi connectivity index (χ3n) is 4.15. The van der Waals surface area contributed by atoms with E-state index in [-0.39, 0.29) is 11.7 Å². The van der Waals surface area contributed by atoms with E-state index < -0.39 is 0 Å². The highest BCUT2D eigenvalue weighted by Gasteiger charge is 2.17. The zero-order valence-electron chi connectivity index (χ0n) is 14.3. The Labute approximate surface area is 159 Å². The Hall–Kier alpha value is -3.25. The SMILES string of the molecule is Cc1ccc(NC(=O)c2cccn3c(-c4ccc(F)cc4)nnc23)c(Cl)c1. The van der Waals surface area contributed by atoms with Gasteiger partial charge in [0, 0.05) is 11.8 Å². The molecule has 0 spiro atoms. The fourth-order valence-electron chi connectivity index (χ4n) is 2.80. The number of benzene rings is 2. The molecule has 0 atom stereocenters. The first-order valence-electron chi connectivity index (χ1n) is 8.20. The maximum Gasteiger partial charge on any atom is 0.259 e. The average Bonchev–Trinajstić information content (AvgIpc) is 3.09. The van der Waals surface area contributed by atoms with Crippen molar-refractivity contribution in [3.8, 4) is 11.4 Å². The van der Waals surface area contributed by atoms with E-state index in [0.717, 1.165) is 5.56 Å². The van der Waals surface area contributed by atoms with Gasteiger partial charge in [-0.05, 0) is 61.0 Å². The molecule has 7 heteroatoms. The van der Waals surface area contributed by atoms with Crippen LogP contribution in [0.2, 0.25) is 5.02 Å². The minimum Gasteiger partial charge on any atom is -0.321 e. The molecule has 0 aliphatic carbocycles. The van der Waals surface area contributed by atoms with Crippen LogP contribution in [-0.4, -0.2) is 20.5 Å². The Morgan fingerprint density at radius 2 is 1.89 bits per heavy atom. The van der Waals surface area contributed by atoms with Gasteiger partial charge in [0.1, 0.15) is 5.82 Å². The Balaban J connectivity index is 1.72. The van der Waals surface area contributed by atoms with Gasteiger partial charge in [0.05, 0.1) is 16.3 Å². The third kappa shape index (κ3) is 3.27. The van der Waals surface area contributed by atoms with E-state index >= 15 is 0 Å². The Bertz CT molecular complexity index is 1150. The number of amides is 1. The molecule has 5 nitrogen and oxygen atoms in total. The number of pyridine rings is 1. The van der Waals surface area contributed by atoms with E-state index in [1.807, 2.05) is 13.0 Å². The molecule has 0 unspecified atom stereocenters. The Morgan fingerprint density at radius 3 is 2.63 bits per heavy atom. The predicted molar refractivity (Wildman–Crippen MR) is 103 cm³/mol. The lowest BCUT2D eigenvalue weighted by atomic mass is 10.2. The average molecular weight is 381 g/mol. The highest BCUT2D eigenvalue weighted by atomic mass is 35.5. The van der Waals surface area contributed by atoms with Gasteiger partial charge in [0.25, 0.3) is 5.91 Å². The maximum atomic E-state index is 13.2. The van der Waals surface area contributed by atoms with E-state index in [2.05, 4.69) is 15.5 Å². The van der Waals surface area contributed by atoms with Crippen molar-refractivity contribution in [1.82, 2.24) is 14.6 Å². The molecule has 0 bridgehead atoms. The lowest BCUT2D eigenvalue weighted by molar-refractivity contribution is 0.102. The number of aromatic nitrogens is 3. The van der Waals surface area contributed by atoms with Crippen molar-refractivity contribution in [1.29, 1.82) is 0 Å². The molecule has 2 aromatic carbocycles. The van der Waals surface area contributed by atoms with E-state index in [0.29, 0.717) is 33.3 Å². The Morgan fingerprint density at radius 1 is 1.11 bits per heavy atom. The molecule has 1 amide bonds. The smallest absolute Gasteiger partial charge is 0.259 e. The molecule has 27 heavy (non-hydrogen) atoms. The maximum absolute atomic E-state index is 13.2. The van der Waals surface area contributed by atoms with Gasteiger partial charge in [-0.3, -0.25) is 9.20 Å². The van der Waals surface area contributed by atoms with Crippen LogP contribution in [0.5, 0.6) is 0 Å². The molecule has 0 saturated heterocycles. The molecule has 0 radical (unpaired) electrons. The fourth-order valence-corrected chi connectivity index (χ4v) is 3.08. The number of anilines is 1. The summed E-state index contributed by atoms with van der Waals surface area (Å²) in [4.78, 5) is 12.8. The van der Waals surface area contributed by atoms with Crippen molar-refractivity contribution < 1.29 is 9.18 Å². The lowest BCUT2D eigenvalue weighted by Gasteiger charge is -2.09. The van der Waals surface area contributed by atoms with Gasteiger partial charge in [-0.2, -0.15) is 0 Å². The minimum atomic E-state index is -0.343. The van der Waals surface area contributed by atoms with Crippen LogP contribution >= 0.6 is 11.6 Å². The number of fused-ring (bicyclic) bond motifs is 1. The van der Waals surface area contributed by atoms with Crippen LogP contribution in [0.15, 0.2) is 60.8 Å². The number of halogens is 2. The number of hydrogen-bond acceptors (Lipinski definition) is 3. The number of aryl methyl sites for hydroxylation is 1. The third-order valence-corrected chi connectivity index (χ3v) is 4.47. The van der Waals surface area contributed by atoms with Gasteiger partial charge < -0.3 is 5.32 Å². The molecule has 0 aliphatic rings. The summed E-state index contributed by atoms with van der Waals surface area (Å²) >= 11 is 6.20. The Kier molecular flexibility index (Phi) is 4.33. The standard InChI is InChI=1S/C20H14ClFN4O/c1-12-4-9-17(16(21)11-12)23-20(27)15-3-2-10-26-18(24-25-19(15)26)13-5-7-14(22)8-6-13/h2-11H,1H3,(H,23,27). The first-order chi connectivity index (χ1) is 13.0. The molecule has 1 N–H and O–H groups in total. The number of carbonyl (C=O) groups excluding carboxylic acids is 1. The number of nitrogens with zero attached hydrogens (tertiary/aromatic N) is 3. The molecule has 2 aromatic heterocycles. The number of rotatable bonds is 3. The summed E-state index contributed by atoms with van der Waals surface area (Å²) in [5.41, 5.74) is 2.98. The minimum absolute atomic E-state index is 0.331. The lowest BCUT2D eigenvalue weighted by Crippen LogP contribution is -2.13. The van der Waals surface area contributed by atoms with Gasteiger partial charge in [-0.15, -0.1) is 10.2 Å². The number of hydrogen-bond donors (Lipinski definition) is 1. The second-order valence-corrected chi connectivity index (χ2v) is 6.49. The van der Waals surface area contributed by atoms with Gasteiger partial charge >= 0.3 is 0 Å². The van der Waals surface area contributed by atoms with E-state index in [1.54, 1.807) is 47.0 Å². The summed E-state index contributed by atoms with van der Waals surface area (Å²) < 4.78 is 14.9. The normalized spacial score (nSPS) is 10.9. The summed E-state index contributed by atoms with van der Waals surface area (Å²) in [6.45, 7) is 1.92. The van der Waals surface area contributed by atoms with Crippen LogP contribution in [0, 0.1) is 12.7 Å². The zero-order chi connectivity index (χ0) is 19.0. The topological polar surface area (TPSA) is 59.3 Å². The van der Waals surface area contributed by atoms with Crippen molar-refractivity contribution in [2.75, 3.05) is 5.32 Å². The highest BCUT2D eigenvalue weighted by molar-refractivity contribution is 6.34. The van der Waals surface area contributed by atoms with Crippen molar-refractivity contribution in [2.24, 2.45) is 0 Å². The summed E-state index contributed by atoms with van der Waals surface area (Å²) in [5.74, 6) is -0.153. The first-order valence-corrected chi connectivity index (χ1v) is 8.58. The quantitative estimate of drug-likeness (QED) is 0.558. The van der Waals surface area contributed by atoms with Crippen molar-refractivity contribution >= 4 is 28.8 Å².